The number of carbonyl (C=O) groups is 2. The van der Waals surface area contributed by atoms with Gasteiger partial charge in [0.05, 0.1) is 24.0 Å². The molecule has 0 bridgehead atoms. The van der Waals surface area contributed by atoms with Gasteiger partial charge in [-0.15, -0.1) is 0 Å². The van der Waals surface area contributed by atoms with Crippen LogP contribution in [-0.2, 0) is 37.1 Å². The Balaban J connectivity index is 0.000000246. The van der Waals surface area contributed by atoms with Gasteiger partial charge in [0.1, 0.15) is 22.8 Å². The lowest BCUT2D eigenvalue weighted by Crippen LogP contribution is -2.11. The van der Waals surface area contributed by atoms with E-state index >= 15 is 0 Å². The van der Waals surface area contributed by atoms with Gasteiger partial charge >= 0.3 is 11.9 Å². The van der Waals surface area contributed by atoms with E-state index < -0.39 is 22.7 Å². The second-order valence-electron chi connectivity index (χ2n) is 8.97. The molecule has 13 nitrogen and oxygen atoms in total. The molecule has 0 saturated carbocycles. The Labute approximate surface area is 274 Å². The summed E-state index contributed by atoms with van der Waals surface area (Å²) in [6, 6.07) is 10.4. The first kappa shape index (κ1) is 35.6. The van der Waals surface area contributed by atoms with Crippen LogP contribution in [0.15, 0.2) is 59.1 Å². The number of rotatable bonds is 12. The molecule has 0 aliphatic heterocycles. The van der Waals surface area contributed by atoms with E-state index in [0.717, 1.165) is 17.3 Å². The van der Waals surface area contributed by atoms with Crippen molar-refractivity contribution in [2.24, 2.45) is 0 Å². The zero-order valence-corrected chi connectivity index (χ0v) is 27.0. The second kappa shape index (κ2) is 17.0. The van der Waals surface area contributed by atoms with Gasteiger partial charge in [0, 0.05) is 41.8 Å². The van der Waals surface area contributed by atoms with E-state index in [-0.39, 0.29) is 47.7 Å². The minimum atomic E-state index is -1.42. The Morgan fingerprint density at radius 2 is 1.29 bits per heavy atom. The van der Waals surface area contributed by atoms with Crippen LogP contribution >= 0.6 is 35.0 Å². The zero-order valence-electron chi connectivity index (χ0n) is 23.8. The van der Waals surface area contributed by atoms with Crippen molar-refractivity contribution >= 4 is 69.3 Å². The first-order valence-corrected chi connectivity index (χ1v) is 16.3. The number of hydrogen-bond donors (Lipinski definition) is 6. The highest BCUT2D eigenvalue weighted by Gasteiger charge is 2.16. The third kappa shape index (κ3) is 10.1. The average Bonchev–Trinajstić information content (AvgIpc) is 3.02. The number of hydrogen-bond acceptors (Lipinski definition) is 12. The van der Waals surface area contributed by atoms with Gasteiger partial charge in [0.15, 0.2) is 5.16 Å². The minimum absolute atomic E-state index is 0.0101. The van der Waals surface area contributed by atoms with Crippen LogP contribution in [0.3, 0.4) is 0 Å². The quantitative estimate of drug-likeness (QED) is 0.0902. The number of carboxylic acid groups (broad SMARTS) is 2. The number of halogens is 2. The van der Waals surface area contributed by atoms with Crippen LogP contribution in [0.4, 0.5) is 11.6 Å². The molecule has 0 aliphatic carbocycles. The summed E-state index contributed by atoms with van der Waals surface area (Å²) in [4.78, 5) is 38.3. The molecule has 0 radical (unpaired) electrons. The fraction of sp³-hybridized carbons (Fsp3) is 0.214. The van der Waals surface area contributed by atoms with Crippen molar-refractivity contribution in [1.29, 1.82) is 0 Å². The van der Waals surface area contributed by atoms with Gasteiger partial charge in [-0.3, -0.25) is 4.21 Å². The Bertz CT molecular complexity index is 1710. The van der Waals surface area contributed by atoms with Gasteiger partial charge < -0.3 is 31.1 Å². The summed E-state index contributed by atoms with van der Waals surface area (Å²) in [5, 5.41) is 43.8. The second-order valence-corrected chi connectivity index (χ2v) is 11.8. The molecule has 2 aromatic carbocycles. The molecule has 0 fully saturated rings. The molecule has 1 unspecified atom stereocenters. The molecule has 2 heterocycles. The van der Waals surface area contributed by atoms with Gasteiger partial charge in [0.2, 0.25) is 5.16 Å². The van der Waals surface area contributed by atoms with Crippen LogP contribution in [0.25, 0.3) is 0 Å². The maximum absolute atomic E-state index is 11.4. The van der Waals surface area contributed by atoms with Gasteiger partial charge in [0.25, 0.3) is 0 Å². The highest BCUT2D eigenvalue weighted by molar-refractivity contribution is 7.98. The smallest absolute Gasteiger partial charge is 0.341 e. The third-order valence-electron chi connectivity index (χ3n) is 5.93. The molecule has 0 saturated heterocycles. The number of benzene rings is 2. The number of aromatic nitrogens is 4. The third-order valence-corrected chi connectivity index (χ3v) is 7.91. The number of thioether (sulfide) groups is 1. The fourth-order valence-electron chi connectivity index (χ4n) is 3.58. The number of nitrogens with one attached hydrogen (secondary N) is 2. The van der Waals surface area contributed by atoms with E-state index in [1.54, 1.807) is 30.3 Å². The molecular weight excluding hydrogens is 667 g/mol. The monoisotopic (exact) mass is 694 g/mol. The summed E-state index contributed by atoms with van der Waals surface area (Å²) in [5.41, 5.74) is 2.77. The molecule has 1 atom stereocenters. The van der Waals surface area contributed by atoms with E-state index in [4.69, 9.17) is 43.6 Å². The van der Waals surface area contributed by atoms with Crippen LogP contribution in [-0.4, -0.2) is 69.0 Å². The van der Waals surface area contributed by atoms with Crippen molar-refractivity contribution in [3.8, 4) is 0 Å². The van der Waals surface area contributed by atoms with Crippen LogP contribution in [0, 0.1) is 0 Å². The predicted octanol–water partition coefficient (Wildman–Crippen LogP) is 4.32. The van der Waals surface area contributed by atoms with Crippen molar-refractivity contribution in [2.75, 3.05) is 23.1 Å². The summed E-state index contributed by atoms with van der Waals surface area (Å²) in [6.07, 6.45) is 5.63. The van der Waals surface area contributed by atoms with Crippen molar-refractivity contribution in [1.82, 2.24) is 19.9 Å². The molecule has 0 amide bonds. The summed E-state index contributed by atoms with van der Waals surface area (Å²) in [7, 11) is -1.42. The SMILES string of the molecule is CS(=O)c1ncc(C(=O)O)c(NCc2ccc(CO)c(Cl)c2)n1.CSc1ncc(C(=O)O)c(NCc2ccc(CO)c(Cl)c2)n1. The van der Waals surface area contributed by atoms with Gasteiger partial charge in [-0.25, -0.2) is 29.5 Å². The lowest BCUT2D eigenvalue weighted by atomic mass is 10.1. The lowest BCUT2D eigenvalue weighted by molar-refractivity contribution is 0.0686. The standard InChI is InChI=1S/C14H14ClN3O4S.C14H14ClN3O3S/c1-23(22)14-17-6-10(13(20)21)12(18-14)16-5-8-2-3-9(7-19)11(15)4-8;1-22-14-17-6-10(13(20)21)12(18-14)16-5-8-2-3-9(7-19)11(15)4-8/h2-4,6,19H,5,7H2,1H3,(H,20,21)(H,16,17,18);2-4,6,19H,5,7H2,1H3,(H,20,21)(H,16,17,18). The molecule has 6 N–H and O–H groups in total. The number of aromatic carboxylic acids is 2. The van der Waals surface area contributed by atoms with E-state index in [2.05, 4.69) is 30.6 Å². The molecular formula is C28H28Cl2N6O7S2. The first-order chi connectivity index (χ1) is 21.5. The average molecular weight is 696 g/mol. The summed E-state index contributed by atoms with van der Waals surface area (Å²) in [6.45, 7) is 0.334. The minimum Gasteiger partial charge on any atom is -0.477 e. The number of anilines is 2. The molecule has 0 spiro atoms. The van der Waals surface area contributed by atoms with Crippen LogP contribution in [0.5, 0.6) is 0 Å². The van der Waals surface area contributed by atoms with Crippen LogP contribution in [0.1, 0.15) is 43.0 Å². The maximum Gasteiger partial charge on any atom is 0.341 e. The highest BCUT2D eigenvalue weighted by atomic mass is 35.5. The van der Waals surface area contributed by atoms with E-state index in [0.29, 0.717) is 32.9 Å². The number of aliphatic hydroxyl groups excluding tert-OH is 2. The number of aliphatic hydroxyl groups is 2. The van der Waals surface area contributed by atoms with Gasteiger partial charge in [-0.2, -0.15) is 0 Å². The Morgan fingerprint density at radius 1 is 0.822 bits per heavy atom. The van der Waals surface area contributed by atoms with Crippen LogP contribution in [0.2, 0.25) is 10.0 Å². The van der Waals surface area contributed by atoms with E-state index in [1.165, 1.54) is 24.2 Å². The Kier molecular flexibility index (Phi) is 13.5. The molecule has 2 aromatic heterocycles. The Morgan fingerprint density at radius 3 is 1.69 bits per heavy atom. The lowest BCUT2D eigenvalue weighted by Gasteiger charge is -2.10. The zero-order chi connectivity index (χ0) is 33.1. The van der Waals surface area contributed by atoms with E-state index in [1.807, 2.05) is 12.3 Å². The summed E-state index contributed by atoms with van der Waals surface area (Å²) >= 11 is 13.4. The van der Waals surface area contributed by atoms with Crippen molar-refractivity contribution in [3.05, 3.63) is 92.2 Å². The molecule has 238 valence electrons. The molecule has 4 rings (SSSR count). The van der Waals surface area contributed by atoms with Gasteiger partial charge in [-0.1, -0.05) is 59.2 Å². The summed E-state index contributed by atoms with van der Waals surface area (Å²) in [5.74, 6) is -1.94. The van der Waals surface area contributed by atoms with Crippen LogP contribution < -0.4 is 10.6 Å². The topological polar surface area (TPSA) is 208 Å². The number of carboxylic acids is 2. The molecule has 0 aliphatic rings. The fourth-order valence-corrected chi connectivity index (χ4v) is 4.87. The number of nitrogens with zero attached hydrogens (tertiary/aromatic N) is 4. The predicted molar refractivity (Wildman–Crippen MR) is 171 cm³/mol. The van der Waals surface area contributed by atoms with Crippen molar-refractivity contribution in [3.63, 3.8) is 0 Å². The largest absolute Gasteiger partial charge is 0.477 e. The van der Waals surface area contributed by atoms with Crippen molar-refractivity contribution in [2.45, 2.75) is 36.6 Å². The summed E-state index contributed by atoms with van der Waals surface area (Å²) < 4.78 is 11.4. The Hall–Kier alpha value is -3.86. The molecule has 45 heavy (non-hydrogen) atoms. The maximum atomic E-state index is 11.4. The molecule has 17 heteroatoms. The van der Waals surface area contributed by atoms with E-state index in [9.17, 15) is 13.8 Å². The normalized spacial score (nSPS) is 11.2. The molecule has 4 aromatic rings. The van der Waals surface area contributed by atoms with Gasteiger partial charge in [-0.05, 0) is 40.6 Å². The first-order valence-electron chi connectivity index (χ1n) is 12.8. The highest BCUT2D eigenvalue weighted by Crippen LogP contribution is 2.22. The van der Waals surface area contributed by atoms with Crippen molar-refractivity contribution < 1.29 is 34.2 Å².